The second-order valence-corrected chi connectivity index (χ2v) is 4.91. The van der Waals surface area contributed by atoms with E-state index in [4.69, 9.17) is 46.4 Å². The average Bonchev–Trinajstić information content (AvgIpc) is 2.77. The van der Waals surface area contributed by atoms with Crippen LogP contribution >= 0.6 is 46.4 Å². The number of hydrogen-bond donors (Lipinski definition) is 0. The van der Waals surface area contributed by atoms with Gasteiger partial charge >= 0.3 is 0 Å². The van der Waals surface area contributed by atoms with Crippen molar-refractivity contribution in [3.63, 3.8) is 0 Å². The van der Waals surface area contributed by atoms with Crippen molar-refractivity contribution in [1.82, 2.24) is 0 Å². The van der Waals surface area contributed by atoms with E-state index >= 15 is 0 Å². The van der Waals surface area contributed by atoms with Gasteiger partial charge < -0.3 is 0 Å². The Bertz CT molecular complexity index is 324. The van der Waals surface area contributed by atoms with E-state index in [9.17, 15) is 0 Å². The van der Waals surface area contributed by atoms with Gasteiger partial charge in [-0.15, -0.1) is 11.6 Å². The summed E-state index contributed by atoms with van der Waals surface area (Å²) in [6.07, 6.45) is 0.996. The summed E-state index contributed by atoms with van der Waals surface area (Å²) in [6.45, 7) is 0. The van der Waals surface area contributed by atoms with Gasteiger partial charge in [-0.3, -0.25) is 0 Å². The Morgan fingerprint density at radius 3 is 1.92 bits per heavy atom. The van der Waals surface area contributed by atoms with Crippen LogP contribution in [0.25, 0.3) is 0 Å². The lowest BCUT2D eigenvalue weighted by Crippen LogP contribution is -1.83. The summed E-state index contributed by atoms with van der Waals surface area (Å²) in [5.41, 5.74) is 1.08. The van der Waals surface area contributed by atoms with Crippen LogP contribution in [0.2, 0.25) is 15.1 Å². The zero-order valence-electron chi connectivity index (χ0n) is 6.53. The van der Waals surface area contributed by atoms with Gasteiger partial charge in [-0.1, -0.05) is 34.8 Å². The summed E-state index contributed by atoms with van der Waals surface area (Å²) >= 11 is 23.5. The molecule has 0 nitrogen and oxygen atoms in total. The minimum absolute atomic E-state index is 0.230. The summed E-state index contributed by atoms with van der Waals surface area (Å²) < 4.78 is 0. The Labute approximate surface area is 96.7 Å². The maximum Gasteiger partial charge on any atom is 0.0778 e. The van der Waals surface area contributed by atoms with Crippen molar-refractivity contribution in [2.75, 3.05) is 0 Å². The van der Waals surface area contributed by atoms with Crippen molar-refractivity contribution in [2.45, 2.75) is 17.7 Å². The number of rotatable bonds is 1. The maximum absolute atomic E-state index is 5.91. The van der Waals surface area contributed by atoms with E-state index < -0.39 is 0 Å². The minimum atomic E-state index is 0.230. The molecule has 1 aromatic rings. The molecule has 0 amide bonds. The predicted octanol–water partition coefficient (Wildman–Crippen LogP) is 4.74. The molecule has 0 saturated heterocycles. The largest absolute Gasteiger partial charge is 0.122 e. The van der Waals surface area contributed by atoms with Gasteiger partial charge in [-0.25, -0.2) is 0 Å². The summed E-state index contributed by atoms with van der Waals surface area (Å²) in [7, 11) is 0. The van der Waals surface area contributed by atoms with Crippen LogP contribution in [0.15, 0.2) is 12.1 Å². The molecule has 1 aromatic carbocycles. The van der Waals surface area contributed by atoms with Gasteiger partial charge in [0, 0.05) is 11.3 Å². The van der Waals surface area contributed by atoms with Gasteiger partial charge in [0.2, 0.25) is 0 Å². The number of alkyl halides is 1. The van der Waals surface area contributed by atoms with Crippen LogP contribution in [0.4, 0.5) is 0 Å². The number of halogens is 4. The van der Waals surface area contributed by atoms with E-state index in [1.165, 1.54) is 0 Å². The summed E-state index contributed by atoms with van der Waals surface area (Å²) in [5, 5.41) is 1.65. The highest BCUT2D eigenvalue weighted by Gasteiger charge is 2.37. The average molecular weight is 256 g/mol. The third-order valence-electron chi connectivity index (χ3n) is 2.15. The molecule has 0 N–H and O–H groups in total. The van der Waals surface area contributed by atoms with Crippen molar-refractivity contribution >= 4 is 46.4 Å². The zero-order chi connectivity index (χ0) is 9.59. The third kappa shape index (κ3) is 1.92. The molecule has 0 aromatic heterocycles. The molecule has 0 radical (unpaired) electrons. The van der Waals surface area contributed by atoms with Crippen LogP contribution in [0, 0.1) is 0 Å². The van der Waals surface area contributed by atoms with Gasteiger partial charge in [-0.2, -0.15) is 0 Å². The van der Waals surface area contributed by atoms with E-state index in [2.05, 4.69) is 0 Å². The molecule has 70 valence electrons. The van der Waals surface area contributed by atoms with E-state index in [1.54, 1.807) is 0 Å². The lowest BCUT2D eigenvalue weighted by Gasteiger charge is -2.03. The predicted molar refractivity (Wildman–Crippen MR) is 58.5 cm³/mol. The topological polar surface area (TPSA) is 0 Å². The number of hydrogen-bond acceptors (Lipinski definition) is 0. The molecular weight excluding hydrogens is 250 g/mol. The monoisotopic (exact) mass is 254 g/mol. The molecule has 0 bridgehead atoms. The summed E-state index contributed by atoms with van der Waals surface area (Å²) in [5.74, 6) is 0.397. The lowest BCUT2D eigenvalue weighted by molar-refractivity contribution is 1.13. The van der Waals surface area contributed by atoms with Crippen molar-refractivity contribution in [3.05, 3.63) is 32.8 Å². The first-order valence-electron chi connectivity index (χ1n) is 3.88. The Balaban J connectivity index is 2.39. The fourth-order valence-corrected chi connectivity index (χ4v) is 2.25. The van der Waals surface area contributed by atoms with Crippen LogP contribution in [-0.2, 0) is 0 Å². The Hall–Kier alpha value is 0.380. The maximum atomic E-state index is 5.91. The zero-order valence-corrected chi connectivity index (χ0v) is 9.55. The van der Waals surface area contributed by atoms with Gasteiger partial charge in [0.05, 0.1) is 15.1 Å². The van der Waals surface area contributed by atoms with Crippen molar-refractivity contribution in [1.29, 1.82) is 0 Å². The van der Waals surface area contributed by atoms with E-state index in [0.717, 1.165) is 12.0 Å². The van der Waals surface area contributed by atoms with Gasteiger partial charge in [0.15, 0.2) is 0 Å². The molecule has 2 rings (SSSR count). The Kier molecular flexibility index (Phi) is 2.68. The highest BCUT2D eigenvalue weighted by atomic mass is 35.5. The normalized spacial score (nSPS) is 26.2. The first-order valence-corrected chi connectivity index (χ1v) is 5.45. The van der Waals surface area contributed by atoms with Gasteiger partial charge in [0.1, 0.15) is 0 Å². The highest BCUT2D eigenvalue weighted by Crippen LogP contribution is 2.47. The molecule has 1 fully saturated rings. The molecule has 2 unspecified atom stereocenters. The van der Waals surface area contributed by atoms with Gasteiger partial charge in [0.25, 0.3) is 0 Å². The second kappa shape index (κ2) is 3.51. The standard InChI is InChI=1S/C9H6Cl4/c10-6-3-5(6)4-1-7(11)9(13)8(12)2-4/h1-2,5-6H,3H2. The highest BCUT2D eigenvalue weighted by molar-refractivity contribution is 6.48. The van der Waals surface area contributed by atoms with Crippen LogP contribution in [0.1, 0.15) is 17.9 Å². The third-order valence-corrected chi connectivity index (χ3v) is 3.83. The van der Waals surface area contributed by atoms with Crippen LogP contribution in [0.5, 0.6) is 0 Å². The summed E-state index contributed by atoms with van der Waals surface area (Å²) in [6, 6.07) is 3.67. The lowest BCUT2D eigenvalue weighted by atomic mass is 10.1. The van der Waals surface area contributed by atoms with E-state index in [0.29, 0.717) is 21.0 Å². The van der Waals surface area contributed by atoms with Crippen molar-refractivity contribution < 1.29 is 0 Å². The minimum Gasteiger partial charge on any atom is -0.122 e. The van der Waals surface area contributed by atoms with E-state index in [-0.39, 0.29) is 5.38 Å². The molecule has 2 atom stereocenters. The molecule has 1 saturated carbocycles. The molecule has 0 spiro atoms. The molecule has 0 aliphatic heterocycles. The number of benzene rings is 1. The molecular formula is C9H6Cl4. The Morgan fingerprint density at radius 2 is 1.54 bits per heavy atom. The molecule has 0 heterocycles. The summed E-state index contributed by atoms with van der Waals surface area (Å²) in [4.78, 5) is 0. The van der Waals surface area contributed by atoms with E-state index in [1.807, 2.05) is 12.1 Å². The van der Waals surface area contributed by atoms with Crippen molar-refractivity contribution in [2.24, 2.45) is 0 Å². The molecule has 4 heteroatoms. The quantitative estimate of drug-likeness (QED) is 0.502. The fraction of sp³-hybridized carbons (Fsp3) is 0.333. The fourth-order valence-electron chi connectivity index (χ4n) is 1.30. The van der Waals surface area contributed by atoms with Crippen LogP contribution < -0.4 is 0 Å². The molecule has 1 aliphatic rings. The SMILES string of the molecule is Clc1cc(C2CC2Cl)cc(Cl)c1Cl. The second-order valence-electron chi connectivity index (χ2n) is 3.16. The van der Waals surface area contributed by atoms with Crippen LogP contribution in [-0.4, -0.2) is 5.38 Å². The Morgan fingerprint density at radius 1 is 1.08 bits per heavy atom. The molecule has 1 aliphatic carbocycles. The molecule has 13 heavy (non-hydrogen) atoms. The van der Waals surface area contributed by atoms with Crippen LogP contribution in [0.3, 0.4) is 0 Å². The first-order chi connectivity index (χ1) is 6.09. The van der Waals surface area contributed by atoms with Crippen molar-refractivity contribution in [3.8, 4) is 0 Å². The first kappa shape index (κ1) is 9.92. The smallest absolute Gasteiger partial charge is 0.0778 e. The van der Waals surface area contributed by atoms with Gasteiger partial charge in [-0.05, 0) is 24.1 Å².